The van der Waals surface area contributed by atoms with Crippen LogP contribution in [0.15, 0.2) is 24.3 Å². The molecule has 0 bridgehead atoms. The second-order valence-corrected chi connectivity index (χ2v) is 14.1. The molecule has 45 heavy (non-hydrogen) atoms. The first-order chi connectivity index (χ1) is 21.4. The summed E-state index contributed by atoms with van der Waals surface area (Å²) in [5.74, 6) is -1.17. The number of rotatable bonds is 8. The lowest BCUT2D eigenvalue weighted by molar-refractivity contribution is -0.142. The van der Waals surface area contributed by atoms with Gasteiger partial charge in [0, 0.05) is 29.1 Å². The Morgan fingerprint density at radius 2 is 1.73 bits per heavy atom. The molecule has 246 valence electrons. The molecule has 1 aromatic carbocycles. The minimum absolute atomic E-state index is 0.0176. The molecule has 3 fully saturated rings. The Kier molecular flexibility index (Phi) is 10.0. The van der Waals surface area contributed by atoms with Crippen molar-refractivity contribution < 1.29 is 33.4 Å². The third-order valence-corrected chi connectivity index (χ3v) is 9.93. The van der Waals surface area contributed by atoms with Gasteiger partial charge in [0.2, 0.25) is 11.8 Å². The third kappa shape index (κ3) is 7.79. The summed E-state index contributed by atoms with van der Waals surface area (Å²) >= 11 is 0. The number of hydrogen-bond donors (Lipinski definition) is 4. The van der Waals surface area contributed by atoms with Crippen LogP contribution in [0, 0.1) is 23.7 Å². The molecule has 5 rings (SSSR count). The Labute approximate surface area is 263 Å². The van der Waals surface area contributed by atoms with Crippen LogP contribution in [0.1, 0.15) is 95.5 Å². The van der Waals surface area contributed by atoms with Crippen LogP contribution in [-0.4, -0.2) is 69.8 Å². The fraction of sp³-hybridized carbons (Fsp3) is 0.647. The number of alkyl carbamates (subject to hydrolysis) is 1. The van der Waals surface area contributed by atoms with Crippen LogP contribution in [0.25, 0.3) is 10.9 Å². The van der Waals surface area contributed by atoms with Crippen molar-refractivity contribution in [2.45, 2.75) is 103 Å². The molecule has 3 atom stereocenters. The number of halogens is 1. The number of carbonyl (C=O) groups is 4. The van der Waals surface area contributed by atoms with E-state index in [4.69, 9.17) is 4.74 Å². The maximum atomic E-state index is 14.0. The molecule has 11 heteroatoms. The molecule has 1 aromatic heterocycles. The molecule has 2 aliphatic carbocycles. The van der Waals surface area contributed by atoms with Gasteiger partial charge in [-0.25, -0.2) is 14.0 Å². The van der Waals surface area contributed by atoms with Gasteiger partial charge in [0.25, 0.3) is 0 Å². The molecule has 2 saturated carbocycles. The number of alkyl halides is 1. The number of benzene rings is 1. The number of carboxylic acids is 1. The summed E-state index contributed by atoms with van der Waals surface area (Å²) in [6.07, 6.45) is 8.09. The minimum atomic E-state index is -1.05. The highest BCUT2D eigenvalue weighted by Crippen LogP contribution is 2.41. The Morgan fingerprint density at radius 1 is 1.02 bits per heavy atom. The quantitative estimate of drug-likeness (QED) is 0.272. The van der Waals surface area contributed by atoms with Crippen molar-refractivity contribution in [3.8, 4) is 0 Å². The fourth-order valence-electron chi connectivity index (χ4n) is 7.74. The maximum Gasteiger partial charge on any atom is 0.407 e. The van der Waals surface area contributed by atoms with Crippen LogP contribution in [0.3, 0.4) is 0 Å². The zero-order valence-electron chi connectivity index (χ0n) is 26.6. The summed E-state index contributed by atoms with van der Waals surface area (Å²) in [6.45, 7) is 5.11. The van der Waals surface area contributed by atoms with Gasteiger partial charge < -0.3 is 30.4 Å². The van der Waals surface area contributed by atoms with Gasteiger partial charge >= 0.3 is 12.1 Å². The Morgan fingerprint density at radius 3 is 2.38 bits per heavy atom. The number of carboxylic acid groups (broad SMARTS) is 1. The minimum Gasteiger partial charge on any atom is -0.477 e. The number of amides is 3. The number of aromatic amines is 1. The zero-order chi connectivity index (χ0) is 32.3. The molecule has 4 N–H and O–H groups in total. The molecule has 0 spiro atoms. The van der Waals surface area contributed by atoms with Gasteiger partial charge in [-0.1, -0.05) is 32.1 Å². The zero-order valence-corrected chi connectivity index (χ0v) is 26.6. The van der Waals surface area contributed by atoms with Crippen LogP contribution < -0.4 is 10.6 Å². The first kappa shape index (κ1) is 32.8. The van der Waals surface area contributed by atoms with E-state index in [1.165, 1.54) is 12.5 Å². The molecule has 10 nitrogen and oxygen atoms in total. The monoisotopic (exact) mass is 626 g/mol. The number of H-pyrrole nitrogens is 1. The summed E-state index contributed by atoms with van der Waals surface area (Å²) in [5.41, 5.74) is 0.615. The number of likely N-dealkylation sites (tertiary alicyclic amines) is 1. The van der Waals surface area contributed by atoms with Gasteiger partial charge in [-0.15, -0.1) is 0 Å². The van der Waals surface area contributed by atoms with E-state index in [1.54, 1.807) is 43.9 Å². The SMILES string of the molecule is CC(C)(C)OC(=O)N[C@@H](CF)C1CCC(C(=O)N2CC[C@@H](C3CCCCC3)[C@H]2C(=O)Nc2ccc3[nH]c(C(=O)O)cc3c2)CC1. The molecule has 0 unspecified atom stereocenters. The second-order valence-electron chi connectivity index (χ2n) is 14.1. The highest BCUT2D eigenvalue weighted by molar-refractivity contribution is 6.00. The lowest BCUT2D eigenvalue weighted by atomic mass is 9.76. The molecule has 1 saturated heterocycles. The number of anilines is 1. The van der Waals surface area contributed by atoms with Gasteiger partial charge in [0.05, 0.1) is 6.04 Å². The molecule has 0 radical (unpaired) electrons. The largest absolute Gasteiger partial charge is 0.477 e. The number of nitrogens with one attached hydrogen (secondary N) is 3. The highest BCUT2D eigenvalue weighted by atomic mass is 19.1. The van der Waals surface area contributed by atoms with E-state index in [-0.39, 0.29) is 35.3 Å². The Bertz CT molecular complexity index is 1390. The summed E-state index contributed by atoms with van der Waals surface area (Å²) in [7, 11) is 0. The summed E-state index contributed by atoms with van der Waals surface area (Å²) < 4.78 is 19.3. The van der Waals surface area contributed by atoms with E-state index in [9.17, 15) is 28.7 Å². The van der Waals surface area contributed by atoms with E-state index in [1.807, 2.05) is 0 Å². The lowest BCUT2D eigenvalue weighted by Gasteiger charge is -2.37. The number of nitrogens with zero attached hydrogens (tertiary/aromatic N) is 1. The van der Waals surface area contributed by atoms with Crippen molar-refractivity contribution in [2.24, 2.45) is 23.7 Å². The predicted octanol–water partition coefficient (Wildman–Crippen LogP) is 6.27. The second kappa shape index (κ2) is 13.8. The highest BCUT2D eigenvalue weighted by Gasteiger charge is 2.47. The normalized spacial score (nSPS) is 25.1. The van der Waals surface area contributed by atoms with E-state index in [0.29, 0.717) is 54.7 Å². The van der Waals surface area contributed by atoms with Gasteiger partial charge in [0.1, 0.15) is 24.0 Å². The molecular weight excluding hydrogens is 579 g/mol. The topological polar surface area (TPSA) is 141 Å². The van der Waals surface area contributed by atoms with Crippen molar-refractivity contribution in [3.05, 3.63) is 30.0 Å². The van der Waals surface area contributed by atoms with Crippen molar-refractivity contribution in [3.63, 3.8) is 0 Å². The molecule has 3 amide bonds. The molecule has 2 aromatic rings. The number of hydrogen-bond acceptors (Lipinski definition) is 5. The average Bonchev–Trinajstić information content (AvgIpc) is 3.64. The van der Waals surface area contributed by atoms with Crippen molar-refractivity contribution in [2.75, 3.05) is 18.5 Å². The Hall–Kier alpha value is -3.63. The smallest absolute Gasteiger partial charge is 0.407 e. The number of aromatic carboxylic acids is 1. The van der Waals surface area contributed by atoms with Gasteiger partial charge in [0.15, 0.2) is 0 Å². The van der Waals surface area contributed by atoms with Gasteiger partial charge in [-0.2, -0.15) is 0 Å². The van der Waals surface area contributed by atoms with E-state index < -0.39 is 36.4 Å². The molecule has 1 aliphatic heterocycles. The number of carbonyl (C=O) groups excluding carboxylic acids is 3. The average molecular weight is 627 g/mol. The van der Waals surface area contributed by atoms with Crippen LogP contribution in [0.5, 0.6) is 0 Å². The molecule has 2 heterocycles. The van der Waals surface area contributed by atoms with E-state index >= 15 is 0 Å². The van der Waals surface area contributed by atoms with E-state index in [2.05, 4.69) is 15.6 Å². The van der Waals surface area contributed by atoms with Crippen LogP contribution in [0.4, 0.5) is 14.9 Å². The standard InChI is InChI=1S/C34H47FN4O6/c1-34(2,3)45-33(44)38-28(19-35)21-9-11-22(12-10-21)31(41)39-16-15-25(20-7-5-4-6-8-20)29(39)30(40)36-24-13-14-26-23(17-24)18-27(37-26)32(42)43/h13-14,17-18,20-22,25,28-29,37H,4-12,15-16,19H2,1-3H3,(H,36,40)(H,38,44)(H,42,43)/t21?,22?,25-,28-,29-/m0/s1. The summed E-state index contributed by atoms with van der Waals surface area (Å²) in [4.78, 5) is 56.4. The number of aromatic nitrogens is 1. The maximum absolute atomic E-state index is 14.0. The molecule has 3 aliphatic rings. The predicted molar refractivity (Wildman–Crippen MR) is 169 cm³/mol. The summed E-state index contributed by atoms with van der Waals surface area (Å²) in [5, 5.41) is 15.7. The Balaban J connectivity index is 1.27. The van der Waals surface area contributed by atoms with Crippen molar-refractivity contribution >= 4 is 40.5 Å². The number of ether oxygens (including phenoxy) is 1. The van der Waals surface area contributed by atoms with Crippen molar-refractivity contribution in [1.82, 2.24) is 15.2 Å². The van der Waals surface area contributed by atoms with Gasteiger partial charge in [-0.05, 0) is 94.9 Å². The van der Waals surface area contributed by atoms with Crippen LogP contribution in [-0.2, 0) is 14.3 Å². The van der Waals surface area contributed by atoms with E-state index in [0.717, 1.165) is 32.1 Å². The fourth-order valence-corrected chi connectivity index (χ4v) is 7.74. The van der Waals surface area contributed by atoms with Crippen molar-refractivity contribution in [1.29, 1.82) is 0 Å². The number of fused-ring (bicyclic) bond motifs is 1. The first-order valence-electron chi connectivity index (χ1n) is 16.5. The van der Waals surface area contributed by atoms with Gasteiger partial charge in [-0.3, -0.25) is 9.59 Å². The lowest BCUT2D eigenvalue weighted by Crippen LogP contribution is -2.50. The molecular formula is C34H47FN4O6. The third-order valence-electron chi connectivity index (χ3n) is 9.93. The van der Waals surface area contributed by atoms with Crippen LogP contribution >= 0.6 is 0 Å². The summed E-state index contributed by atoms with van der Waals surface area (Å²) in [6, 6.07) is 5.53. The van der Waals surface area contributed by atoms with Crippen LogP contribution in [0.2, 0.25) is 0 Å². The first-order valence-corrected chi connectivity index (χ1v) is 16.5.